The van der Waals surface area contributed by atoms with Gasteiger partial charge in [-0.15, -0.1) is 0 Å². The summed E-state index contributed by atoms with van der Waals surface area (Å²) in [7, 11) is -4.51. The van der Waals surface area contributed by atoms with Gasteiger partial charge < -0.3 is 29.9 Å². The predicted octanol–water partition coefficient (Wildman–Crippen LogP) is 0.0896. The largest absolute Gasteiger partial charge is 0.393 e. The van der Waals surface area contributed by atoms with Crippen molar-refractivity contribution in [2.75, 3.05) is 18.7 Å². The number of imidazole rings is 1. The minimum atomic E-state index is -4.51. The van der Waals surface area contributed by atoms with E-state index in [9.17, 15) is 14.1 Å². The van der Waals surface area contributed by atoms with Gasteiger partial charge in [-0.05, 0) is 6.08 Å². The van der Waals surface area contributed by atoms with Crippen molar-refractivity contribution in [1.29, 1.82) is 0 Å². The molecule has 0 spiro atoms. The van der Waals surface area contributed by atoms with Gasteiger partial charge in [0.1, 0.15) is 29.6 Å². The number of aliphatic hydroxyl groups is 1. The van der Waals surface area contributed by atoms with Crippen molar-refractivity contribution in [1.82, 2.24) is 19.5 Å². The normalized spacial score (nSPS) is 24.5. The fourth-order valence-electron chi connectivity index (χ4n) is 2.63. The Morgan fingerprint density at radius 2 is 2.21 bits per heavy atom. The van der Waals surface area contributed by atoms with E-state index in [1.165, 1.54) is 23.3 Å². The Hall–Kier alpha value is -1.91. The van der Waals surface area contributed by atoms with Crippen LogP contribution in [0.5, 0.6) is 0 Å². The molecule has 2 unspecified atom stereocenters. The number of allylic oxidation sites excluding steroid dienone is 1. The molecular weight excluding hydrogens is 344 g/mol. The van der Waals surface area contributed by atoms with Crippen LogP contribution in [0.2, 0.25) is 0 Å². The van der Waals surface area contributed by atoms with E-state index in [-0.39, 0.29) is 12.2 Å². The van der Waals surface area contributed by atoms with E-state index >= 15 is 0 Å². The zero-order valence-corrected chi connectivity index (χ0v) is 13.2. The fourth-order valence-corrected chi connectivity index (χ4v) is 3.04. The molecule has 0 aromatic carbocycles. The van der Waals surface area contributed by atoms with Gasteiger partial charge in [0.25, 0.3) is 0 Å². The summed E-state index contributed by atoms with van der Waals surface area (Å²) in [6.45, 7) is -0.768. The molecule has 3 rings (SSSR count). The Morgan fingerprint density at radius 3 is 2.88 bits per heavy atom. The molecule has 2 heterocycles. The summed E-state index contributed by atoms with van der Waals surface area (Å²) in [6, 6.07) is -0.617. The molecule has 5 N–H and O–H groups in total. The van der Waals surface area contributed by atoms with Crippen LogP contribution in [0.25, 0.3) is 11.2 Å². The van der Waals surface area contributed by atoms with Crippen molar-refractivity contribution in [3.8, 4) is 0 Å². The van der Waals surface area contributed by atoms with E-state index in [1.54, 1.807) is 0 Å². The summed E-state index contributed by atoms with van der Waals surface area (Å²) >= 11 is 0. The Morgan fingerprint density at radius 1 is 1.46 bits per heavy atom. The lowest BCUT2D eigenvalue weighted by Gasteiger charge is -2.28. The number of aliphatic hydroxyl groups excluding tert-OH is 1. The van der Waals surface area contributed by atoms with Crippen LogP contribution in [0, 0.1) is 0 Å². The number of aromatic nitrogens is 4. The monoisotopic (exact) mass is 359 g/mol. The molecule has 2 atom stereocenters. The maximum Gasteiger partial charge on any atom is 0.351 e. The Kier molecular flexibility index (Phi) is 4.14. The van der Waals surface area contributed by atoms with E-state index in [1.807, 2.05) is 0 Å². The molecule has 0 radical (unpaired) electrons. The summed E-state index contributed by atoms with van der Waals surface area (Å²) in [4.78, 5) is 29.8. The van der Waals surface area contributed by atoms with E-state index in [0.717, 1.165) is 0 Å². The molecule has 1 aliphatic carbocycles. The zero-order chi connectivity index (χ0) is 17.5. The molecule has 2 aromatic rings. The maximum atomic E-state index is 14.4. The van der Waals surface area contributed by atoms with Gasteiger partial charge in [0, 0.05) is 6.42 Å². The van der Waals surface area contributed by atoms with Gasteiger partial charge in [-0.1, -0.05) is 0 Å². The second kappa shape index (κ2) is 5.87. The molecule has 0 bridgehead atoms. The van der Waals surface area contributed by atoms with Crippen LogP contribution in [-0.4, -0.2) is 53.0 Å². The first-order valence-electron chi connectivity index (χ1n) is 6.86. The lowest BCUT2D eigenvalue weighted by molar-refractivity contribution is -0.0534. The number of hydrogen-bond donors (Lipinski definition) is 4. The number of rotatable bonds is 5. The quantitative estimate of drug-likeness (QED) is 0.543. The number of halogens is 1. The molecule has 0 aliphatic heterocycles. The minimum absolute atomic E-state index is 0.0787. The van der Waals surface area contributed by atoms with E-state index in [0.29, 0.717) is 11.2 Å². The lowest BCUT2D eigenvalue weighted by atomic mass is 10.0. The highest BCUT2D eigenvalue weighted by molar-refractivity contribution is 7.51. The first-order valence-corrected chi connectivity index (χ1v) is 8.66. The second-order valence-electron chi connectivity index (χ2n) is 5.46. The van der Waals surface area contributed by atoms with Crippen molar-refractivity contribution in [3.63, 3.8) is 0 Å². The summed E-state index contributed by atoms with van der Waals surface area (Å²) in [5.74, 6) is -0.639. The van der Waals surface area contributed by atoms with Crippen LogP contribution >= 0.6 is 7.60 Å². The van der Waals surface area contributed by atoms with E-state index in [4.69, 9.17) is 20.3 Å². The third-order valence-electron chi connectivity index (χ3n) is 3.82. The van der Waals surface area contributed by atoms with E-state index in [2.05, 4.69) is 15.0 Å². The summed E-state index contributed by atoms with van der Waals surface area (Å²) in [5.41, 5.74) is 4.61. The van der Waals surface area contributed by atoms with Crippen LogP contribution in [-0.2, 0) is 9.30 Å². The molecular formula is C12H15FN5O5P. The minimum Gasteiger partial charge on any atom is -0.393 e. The summed E-state index contributed by atoms with van der Waals surface area (Å²) < 4.78 is 31.9. The van der Waals surface area contributed by atoms with Crippen molar-refractivity contribution in [2.24, 2.45) is 0 Å². The highest BCUT2D eigenvalue weighted by Gasteiger charge is 2.45. The van der Waals surface area contributed by atoms with Crippen molar-refractivity contribution >= 4 is 24.6 Å². The SMILES string of the molecule is Nc1ncnc2c1ncn2C1C=C(F)C(CO)(OCP(=O)(O)O)C1. The average Bonchev–Trinajstić information content (AvgIpc) is 3.07. The standard InChI is InChI=1S/C12H15FN5O5P/c13-8-1-7(2-12(8,3-19)23-6-24(20,21)22)18-5-17-9-10(14)15-4-16-11(9)18/h1,4-5,7,19H,2-3,6H2,(H2,14,15,16)(H2,20,21,22). The molecule has 10 nitrogen and oxygen atoms in total. The zero-order valence-electron chi connectivity index (χ0n) is 12.3. The Bertz CT molecular complexity index is 851. The Labute approximate surface area is 135 Å². The van der Waals surface area contributed by atoms with Crippen molar-refractivity contribution in [3.05, 3.63) is 24.6 Å². The number of ether oxygens (including phenoxy) is 1. The topological polar surface area (TPSA) is 157 Å². The summed E-state index contributed by atoms with van der Waals surface area (Å²) in [5, 5.41) is 9.53. The molecule has 0 saturated heterocycles. The van der Waals surface area contributed by atoms with E-state index < -0.39 is 38.0 Å². The first kappa shape index (κ1) is 16.9. The number of nitrogens with two attached hydrogens (primary N) is 1. The Balaban J connectivity index is 1.92. The van der Waals surface area contributed by atoms with Gasteiger partial charge in [-0.2, -0.15) is 0 Å². The molecule has 2 aromatic heterocycles. The van der Waals surface area contributed by atoms with Gasteiger partial charge in [0.2, 0.25) is 0 Å². The third kappa shape index (κ3) is 2.92. The number of nitrogen functional groups attached to an aromatic ring is 1. The van der Waals surface area contributed by atoms with Crippen LogP contribution in [0.1, 0.15) is 12.5 Å². The van der Waals surface area contributed by atoms with Crippen molar-refractivity contribution in [2.45, 2.75) is 18.1 Å². The number of nitrogens with zero attached hydrogens (tertiary/aromatic N) is 4. The fraction of sp³-hybridized carbons (Fsp3) is 0.417. The molecule has 0 amide bonds. The van der Waals surface area contributed by atoms with Gasteiger partial charge in [0.05, 0.1) is 19.0 Å². The highest BCUT2D eigenvalue weighted by Crippen LogP contribution is 2.44. The summed E-state index contributed by atoms with van der Waals surface area (Å²) in [6.07, 6.45) is 2.76. The molecule has 0 fully saturated rings. The van der Waals surface area contributed by atoms with Gasteiger partial charge >= 0.3 is 7.60 Å². The van der Waals surface area contributed by atoms with Crippen LogP contribution in [0.3, 0.4) is 0 Å². The molecule has 12 heteroatoms. The molecule has 0 saturated carbocycles. The van der Waals surface area contributed by atoms with Crippen LogP contribution in [0.15, 0.2) is 24.6 Å². The molecule has 24 heavy (non-hydrogen) atoms. The maximum absolute atomic E-state index is 14.4. The van der Waals surface area contributed by atoms with Crippen LogP contribution < -0.4 is 5.73 Å². The second-order valence-corrected chi connectivity index (χ2v) is 7.05. The number of anilines is 1. The van der Waals surface area contributed by atoms with Crippen molar-refractivity contribution < 1.29 is 28.6 Å². The van der Waals surface area contributed by atoms with Gasteiger partial charge in [0.15, 0.2) is 11.5 Å². The lowest BCUT2D eigenvalue weighted by Crippen LogP contribution is -2.36. The third-order valence-corrected chi connectivity index (χ3v) is 4.29. The average molecular weight is 359 g/mol. The first-order chi connectivity index (χ1) is 11.3. The molecule has 130 valence electrons. The smallest absolute Gasteiger partial charge is 0.351 e. The van der Waals surface area contributed by atoms with Gasteiger partial charge in [-0.25, -0.2) is 19.3 Å². The predicted molar refractivity (Wildman–Crippen MR) is 80.4 cm³/mol. The number of fused-ring (bicyclic) bond motifs is 1. The highest BCUT2D eigenvalue weighted by atomic mass is 31.2. The van der Waals surface area contributed by atoms with Crippen LogP contribution in [0.4, 0.5) is 10.2 Å². The molecule has 1 aliphatic rings. The van der Waals surface area contributed by atoms with Gasteiger partial charge in [-0.3, -0.25) is 4.57 Å². The number of hydrogen-bond acceptors (Lipinski definition) is 7.